The number of rotatable bonds is 6. The number of carbonyl (C=O) groups excluding carboxylic acids is 3. The van der Waals surface area contributed by atoms with Gasteiger partial charge in [0.25, 0.3) is 11.8 Å². The highest BCUT2D eigenvalue weighted by atomic mass is 35.5. The maximum atomic E-state index is 14.3. The summed E-state index contributed by atoms with van der Waals surface area (Å²) in [5.74, 6) is -2.36. The average molecular weight is 577 g/mol. The van der Waals surface area contributed by atoms with Crippen LogP contribution in [0.2, 0.25) is 5.02 Å². The molecular formula is C26H18ClFN8O3S. The first kappa shape index (κ1) is 25.5. The van der Waals surface area contributed by atoms with Crippen molar-refractivity contribution in [1.29, 1.82) is 0 Å². The summed E-state index contributed by atoms with van der Waals surface area (Å²) in [5.41, 5.74) is 1.17. The predicted molar refractivity (Wildman–Crippen MR) is 144 cm³/mol. The molecule has 0 fully saturated rings. The summed E-state index contributed by atoms with van der Waals surface area (Å²) in [7, 11) is 0. The molecule has 1 atom stereocenters. The molecule has 0 spiro atoms. The van der Waals surface area contributed by atoms with Crippen LogP contribution in [0.15, 0.2) is 60.8 Å². The minimum absolute atomic E-state index is 0.00272. The summed E-state index contributed by atoms with van der Waals surface area (Å²) in [4.78, 5) is 43.9. The summed E-state index contributed by atoms with van der Waals surface area (Å²) in [6, 6.07) is 13.4. The molecule has 40 heavy (non-hydrogen) atoms. The SMILES string of the molecule is O=C1Cn2c(C(=O)NCc3cccnn3)nc(NC(=O)c3nsc4ccccc34)c2C(c2cc(F)ccc2Cl)N1. The van der Waals surface area contributed by atoms with Gasteiger partial charge in [0.1, 0.15) is 18.1 Å². The van der Waals surface area contributed by atoms with E-state index in [0.717, 1.165) is 4.70 Å². The Balaban J connectivity index is 1.43. The second kappa shape index (κ2) is 10.4. The number of imidazole rings is 1. The minimum Gasteiger partial charge on any atom is -0.344 e. The fourth-order valence-electron chi connectivity index (χ4n) is 4.46. The van der Waals surface area contributed by atoms with E-state index < -0.39 is 29.6 Å². The smallest absolute Gasteiger partial charge is 0.287 e. The number of anilines is 1. The first-order chi connectivity index (χ1) is 19.4. The van der Waals surface area contributed by atoms with Gasteiger partial charge in [-0.2, -0.15) is 14.6 Å². The van der Waals surface area contributed by atoms with E-state index in [1.54, 1.807) is 24.3 Å². The molecule has 5 aromatic rings. The Kier molecular flexibility index (Phi) is 6.66. The molecule has 0 aliphatic carbocycles. The van der Waals surface area contributed by atoms with Crippen molar-refractivity contribution in [3.05, 3.63) is 100 Å². The van der Waals surface area contributed by atoms with E-state index in [4.69, 9.17) is 11.6 Å². The zero-order valence-electron chi connectivity index (χ0n) is 20.4. The first-order valence-electron chi connectivity index (χ1n) is 11.9. The van der Waals surface area contributed by atoms with Crippen molar-refractivity contribution < 1.29 is 18.8 Å². The Morgan fingerprint density at radius 1 is 1.15 bits per heavy atom. The van der Waals surface area contributed by atoms with E-state index in [0.29, 0.717) is 11.1 Å². The predicted octanol–water partition coefficient (Wildman–Crippen LogP) is 3.48. The van der Waals surface area contributed by atoms with Gasteiger partial charge in [-0.05, 0) is 47.9 Å². The van der Waals surface area contributed by atoms with Gasteiger partial charge in [-0.1, -0.05) is 29.8 Å². The van der Waals surface area contributed by atoms with Gasteiger partial charge >= 0.3 is 0 Å². The molecule has 0 saturated carbocycles. The lowest BCUT2D eigenvalue weighted by Gasteiger charge is -2.28. The van der Waals surface area contributed by atoms with Gasteiger partial charge < -0.3 is 20.5 Å². The number of amides is 3. The van der Waals surface area contributed by atoms with Crippen LogP contribution in [0.25, 0.3) is 10.1 Å². The molecule has 2 aromatic carbocycles. The number of aromatic nitrogens is 5. The number of hydrogen-bond acceptors (Lipinski definition) is 8. The van der Waals surface area contributed by atoms with E-state index in [1.165, 1.54) is 40.5 Å². The van der Waals surface area contributed by atoms with Crippen molar-refractivity contribution in [2.24, 2.45) is 0 Å². The van der Waals surface area contributed by atoms with E-state index in [-0.39, 0.29) is 46.7 Å². The van der Waals surface area contributed by atoms with E-state index in [9.17, 15) is 18.8 Å². The Hall–Kier alpha value is -4.75. The third-order valence-corrected chi connectivity index (χ3v) is 7.41. The molecule has 3 amide bonds. The fraction of sp³-hybridized carbons (Fsp3) is 0.115. The average Bonchev–Trinajstić information content (AvgIpc) is 3.55. The van der Waals surface area contributed by atoms with Crippen molar-refractivity contribution in [3.8, 4) is 0 Å². The van der Waals surface area contributed by atoms with Gasteiger partial charge in [-0.3, -0.25) is 14.4 Å². The number of halogens is 2. The molecule has 11 nitrogen and oxygen atoms in total. The highest BCUT2D eigenvalue weighted by molar-refractivity contribution is 7.13. The van der Waals surface area contributed by atoms with Gasteiger partial charge in [-0.25, -0.2) is 9.37 Å². The quantitative estimate of drug-likeness (QED) is 0.281. The molecule has 3 N–H and O–H groups in total. The number of nitrogens with one attached hydrogen (secondary N) is 3. The molecule has 200 valence electrons. The number of hydrogen-bond donors (Lipinski definition) is 3. The van der Waals surface area contributed by atoms with Gasteiger partial charge in [0.2, 0.25) is 11.7 Å². The summed E-state index contributed by atoms with van der Waals surface area (Å²) < 4.78 is 20.8. The van der Waals surface area contributed by atoms with Crippen LogP contribution in [0.3, 0.4) is 0 Å². The van der Waals surface area contributed by atoms with Gasteiger partial charge in [0.15, 0.2) is 5.82 Å². The lowest BCUT2D eigenvalue weighted by Crippen LogP contribution is -2.41. The summed E-state index contributed by atoms with van der Waals surface area (Å²) >= 11 is 7.57. The normalized spacial score (nSPS) is 14.4. The molecule has 0 bridgehead atoms. The highest BCUT2D eigenvalue weighted by Gasteiger charge is 2.36. The first-order valence-corrected chi connectivity index (χ1v) is 13.1. The Morgan fingerprint density at radius 2 is 2.00 bits per heavy atom. The Bertz CT molecular complexity index is 1790. The molecule has 0 radical (unpaired) electrons. The number of benzene rings is 2. The molecule has 1 unspecified atom stereocenters. The van der Waals surface area contributed by atoms with Crippen molar-refractivity contribution in [1.82, 2.24) is 34.8 Å². The summed E-state index contributed by atoms with van der Waals surface area (Å²) in [6.45, 7) is -0.220. The zero-order chi connectivity index (χ0) is 27.8. The van der Waals surface area contributed by atoms with Crippen LogP contribution in [0, 0.1) is 5.82 Å². The molecule has 3 aromatic heterocycles. The van der Waals surface area contributed by atoms with Crippen molar-refractivity contribution in [2.75, 3.05) is 5.32 Å². The lowest BCUT2D eigenvalue weighted by atomic mass is 10.0. The van der Waals surface area contributed by atoms with Crippen LogP contribution in [0.1, 0.15) is 44.1 Å². The highest BCUT2D eigenvalue weighted by Crippen LogP contribution is 2.36. The van der Waals surface area contributed by atoms with Gasteiger partial charge in [0.05, 0.1) is 28.7 Å². The molecule has 14 heteroatoms. The Labute approximate surface area is 234 Å². The summed E-state index contributed by atoms with van der Waals surface area (Å²) in [6.07, 6.45) is 1.51. The van der Waals surface area contributed by atoms with Crippen LogP contribution >= 0.6 is 23.1 Å². The lowest BCUT2D eigenvalue weighted by molar-refractivity contribution is -0.123. The Morgan fingerprint density at radius 3 is 2.83 bits per heavy atom. The second-order valence-electron chi connectivity index (χ2n) is 8.80. The number of nitrogens with zero attached hydrogens (tertiary/aromatic N) is 5. The fourth-order valence-corrected chi connectivity index (χ4v) is 5.46. The molecule has 6 rings (SSSR count). The van der Waals surface area contributed by atoms with Gasteiger partial charge in [0, 0.05) is 22.2 Å². The van der Waals surface area contributed by atoms with E-state index in [2.05, 4.69) is 35.5 Å². The van der Waals surface area contributed by atoms with Crippen molar-refractivity contribution in [3.63, 3.8) is 0 Å². The van der Waals surface area contributed by atoms with E-state index in [1.807, 2.05) is 12.1 Å². The van der Waals surface area contributed by atoms with Crippen LogP contribution in [0.5, 0.6) is 0 Å². The third-order valence-electron chi connectivity index (χ3n) is 6.24. The van der Waals surface area contributed by atoms with Crippen molar-refractivity contribution >= 4 is 56.8 Å². The number of carbonyl (C=O) groups is 3. The molecule has 0 saturated heterocycles. The van der Waals surface area contributed by atoms with E-state index >= 15 is 0 Å². The zero-order valence-corrected chi connectivity index (χ0v) is 22.0. The van der Waals surface area contributed by atoms with Crippen LogP contribution in [-0.2, 0) is 17.9 Å². The standard InChI is InChI=1S/C26H18ClFN8O3S/c27-17-8-7-13(28)10-16(17)20-22-23(33-25(38)21-15-5-1-2-6-18(15)40-35-21)32-24(36(22)12-19(37)31-20)26(39)29-11-14-4-3-9-30-34-14/h1-10,20H,11-12H2,(H,29,39)(H,31,37)(H,33,38). The van der Waals surface area contributed by atoms with Gasteiger partial charge in [-0.15, -0.1) is 0 Å². The third kappa shape index (κ3) is 4.76. The van der Waals surface area contributed by atoms with Crippen LogP contribution < -0.4 is 16.0 Å². The van der Waals surface area contributed by atoms with Crippen LogP contribution in [0.4, 0.5) is 10.2 Å². The topological polar surface area (TPSA) is 144 Å². The largest absolute Gasteiger partial charge is 0.344 e. The summed E-state index contributed by atoms with van der Waals surface area (Å²) in [5, 5.41) is 16.8. The molecule has 1 aliphatic rings. The molecule has 1 aliphatic heterocycles. The maximum absolute atomic E-state index is 14.3. The maximum Gasteiger partial charge on any atom is 0.287 e. The molecular weight excluding hydrogens is 559 g/mol. The second-order valence-corrected chi connectivity index (χ2v) is 10.0. The monoisotopic (exact) mass is 576 g/mol. The minimum atomic E-state index is -1.01. The van der Waals surface area contributed by atoms with Crippen molar-refractivity contribution in [2.45, 2.75) is 19.1 Å². The molecule has 4 heterocycles. The van der Waals surface area contributed by atoms with Crippen LogP contribution in [-0.4, -0.2) is 41.8 Å². The number of fused-ring (bicyclic) bond motifs is 2.